The summed E-state index contributed by atoms with van der Waals surface area (Å²) in [7, 11) is -3.49. The molecule has 1 aromatic rings. The average Bonchev–Trinajstić information content (AvgIpc) is 2.98. The molecule has 1 N–H and O–H groups in total. The molecule has 5 nitrogen and oxygen atoms in total. The minimum absolute atomic E-state index is 0. The van der Waals surface area contributed by atoms with E-state index in [1.54, 1.807) is 16.4 Å². The summed E-state index contributed by atoms with van der Waals surface area (Å²) in [5.74, 6) is 0. The Morgan fingerprint density at radius 2 is 2.05 bits per heavy atom. The molecular weight excluding hydrogens is 310 g/mol. The standard InChI is InChI=1S/C14H19N3O2S.ClH/c1-2-9-17(13-7-8-16-11-13)20(18,19)14-5-3-12(10-15)4-6-14;/h3-6,13,16H,2,7-9,11H2,1H3;1H. The molecule has 1 aromatic carbocycles. The topological polar surface area (TPSA) is 73.2 Å². The van der Waals surface area contributed by atoms with Crippen molar-refractivity contribution in [2.24, 2.45) is 0 Å². The molecule has 1 fully saturated rings. The van der Waals surface area contributed by atoms with Crippen LogP contribution in [0.2, 0.25) is 0 Å². The van der Waals surface area contributed by atoms with E-state index in [1.807, 2.05) is 13.0 Å². The van der Waals surface area contributed by atoms with Crippen LogP contribution in [0.25, 0.3) is 0 Å². The maximum atomic E-state index is 12.7. The number of hydrogen-bond donors (Lipinski definition) is 1. The molecule has 1 aliphatic rings. The number of nitrogens with zero attached hydrogens (tertiary/aromatic N) is 2. The summed E-state index contributed by atoms with van der Waals surface area (Å²) in [4.78, 5) is 0.261. The fourth-order valence-electron chi connectivity index (χ4n) is 2.44. The Bertz CT molecular complexity index is 590. The number of hydrogen-bond acceptors (Lipinski definition) is 4. The monoisotopic (exact) mass is 329 g/mol. The van der Waals surface area contributed by atoms with Gasteiger partial charge in [0.1, 0.15) is 0 Å². The van der Waals surface area contributed by atoms with Gasteiger partial charge in [0.25, 0.3) is 0 Å². The van der Waals surface area contributed by atoms with Crippen molar-refractivity contribution >= 4 is 22.4 Å². The lowest BCUT2D eigenvalue weighted by Crippen LogP contribution is -2.41. The number of sulfonamides is 1. The van der Waals surface area contributed by atoms with Crippen LogP contribution in [0.3, 0.4) is 0 Å². The van der Waals surface area contributed by atoms with Gasteiger partial charge in [0.2, 0.25) is 10.0 Å². The minimum atomic E-state index is -3.49. The molecule has 0 radical (unpaired) electrons. The third kappa shape index (κ3) is 3.95. The molecule has 1 atom stereocenters. The summed E-state index contributed by atoms with van der Waals surface area (Å²) in [6.45, 7) is 4.06. The lowest BCUT2D eigenvalue weighted by Gasteiger charge is -2.27. The van der Waals surface area contributed by atoms with Crippen molar-refractivity contribution < 1.29 is 8.42 Å². The molecule has 7 heteroatoms. The van der Waals surface area contributed by atoms with Gasteiger partial charge in [-0.05, 0) is 43.7 Å². The maximum absolute atomic E-state index is 12.7. The molecule has 0 bridgehead atoms. The van der Waals surface area contributed by atoms with E-state index >= 15 is 0 Å². The smallest absolute Gasteiger partial charge is 0.243 e. The van der Waals surface area contributed by atoms with Crippen LogP contribution in [0, 0.1) is 11.3 Å². The Kier molecular flexibility index (Phi) is 6.62. The second-order valence-corrected chi connectivity index (χ2v) is 6.79. The van der Waals surface area contributed by atoms with Gasteiger partial charge in [-0.15, -0.1) is 12.4 Å². The second kappa shape index (κ2) is 7.76. The summed E-state index contributed by atoms with van der Waals surface area (Å²) in [6.07, 6.45) is 1.63. The number of benzene rings is 1. The van der Waals surface area contributed by atoms with Gasteiger partial charge in [0.15, 0.2) is 0 Å². The van der Waals surface area contributed by atoms with Crippen LogP contribution in [-0.2, 0) is 10.0 Å². The van der Waals surface area contributed by atoms with Crippen LogP contribution in [-0.4, -0.2) is 38.4 Å². The van der Waals surface area contributed by atoms with Crippen molar-refractivity contribution in [2.45, 2.75) is 30.7 Å². The van der Waals surface area contributed by atoms with Crippen molar-refractivity contribution in [1.82, 2.24) is 9.62 Å². The van der Waals surface area contributed by atoms with Gasteiger partial charge in [0.05, 0.1) is 16.5 Å². The first kappa shape index (κ1) is 17.9. The summed E-state index contributed by atoms with van der Waals surface area (Å²) in [5.41, 5.74) is 0.466. The molecule has 116 valence electrons. The van der Waals surface area contributed by atoms with Gasteiger partial charge in [-0.1, -0.05) is 6.92 Å². The number of nitrogens with one attached hydrogen (secondary N) is 1. The fourth-order valence-corrected chi connectivity index (χ4v) is 4.19. The molecule has 1 aliphatic heterocycles. The van der Waals surface area contributed by atoms with Crippen molar-refractivity contribution in [3.63, 3.8) is 0 Å². The van der Waals surface area contributed by atoms with Crippen molar-refractivity contribution in [1.29, 1.82) is 5.26 Å². The first-order valence-corrected chi connectivity index (χ1v) is 8.26. The molecule has 0 saturated carbocycles. The van der Waals surface area contributed by atoms with Crippen LogP contribution in [0.5, 0.6) is 0 Å². The quantitative estimate of drug-likeness (QED) is 0.893. The van der Waals surface area contributed by atoms with E-state index in [2.05, 4.69) is 5.32 Å². The van der Waals surface area contributed by atoms with Gasteiger partial charge in [-0.25, -0.2) is 8.42 Å². The lowest BCUT2D eigenvalue weighted by atomic mass is 10.2. The Balaban J connectivity index is 0.00000220. The zero-order chi connectivity index (χ0) is 14.6. The predicted molar refractivity (Wildman–Crippen MR) is 83.9 cm³/mol. The van der Waals surface area contributed by atoms with Crippen molar-refractivity contribution in [3.05, 3.63) is 29.8 Å². The summed E-state index contributed by atoms with van der Waals surface area (Å²) in [6, 6.07) is 8.14. The Hall–Kier alpha value is -1.13. The molecular formula is C14H20ClN3O2S. The van der Waals surface area contributed by atoms with Gasteiger partial charge < -0.3 is 5.32 Å². The van der Waals surface area contributed by atoms with E-state index in [-0.39, 0.29) is 23.3 Å². The zero-order valence-electron chi connectivity index (χ0n) is 11.9. The number of halogens is 1. The molecule has 0 aromatic heterocycles. The van der Waals surface area contributed by atoms with Crippen molar-refractivity contribution in [3.8, 4) is 6.07 Å². The maximum Gasteiger partial charge on any atom is 0.243 e. The second-order valence-electron chi connectivity index (χ2n) is 4.90. The van der Waals surface area contributed by atoms with Crippen LogP contribution in [0.4, 0.5) is 0 Å². The molecule has 1 saturated heterocycles. The Morgan fingerprint density at radius 3 is 2.52 bits per heavy atom. The molecule has 1 heterocycles. The van der Waals surface area contributed by atoms with Gasteiger partial charge >= 0.3 is 0 Å². The van der Waals surface area contributed by atoms with Crippen LogP contribution >= 0.6 is 12.4 Å². The predicted octanol–water partition coefficient (Wildman–Crippen LogP) is 1.74. The average molecular weight is 330 g/mol. The number of rotatable bonds is 5. The van der Waals surface area contributed by atoms with E-state index in [4.69, 9.17) is 5.26 Å². The van der Waals surface area contributed by atoms with Crippen molar-refractivity contribution in [2.75, 3.05) is 19.6 Å². The largest absolute Gasteiger partial charge is 0.315 e. The van der Waals surface area contributed by atoms with Gasteiger partial charge in [0, 0.05) is 19.1 Å². The zero-order valence-corrected chi connectivity index (χ0v) is 13.6. The third-order valence-electron chi connectivity index (χ3n) is 3.48. The van der Waals surface area contributed by atoms with Crippen LogP contribution < -0.4 is 5.32 Å². The van der Waals surface area contributed by atoms with Crippen LogP contribution in [0.1, 0.15) is 25.3 Å². The molecule has 21 heavy (non-hydrogen) atoms. The SMILES string of the molecule is CCCN(C1CCNC1)S(=O)(=O)c1ccc(C#N)cc1.Cl. The number of nitriles is 1. The van der Waals surface area contributed by atoms with E-state index in [0.29, 0.717) is 18.7 Å². The fraction of sp³-hybridized carbons (Fsp3) is 0.500. The normalized spacial score (nSPS) is 18.2. The third-order valence-corrected chi connectivity index (χ3v) is 5.44. The molecule has 2 rings (SSSR count). The highest BCUT2D eigenvalue weighted by Crippen LogP contribution is 2.21. The van der Waals surface area contributed by atoms with Gasteiger partial charge in [-0.3, -0.25) is 0 Å². The van der Waals surface area contributed by atoms with E-state index in [0.717, 1.165) is 19.4 Å². The summed E-state index contributed by atoms with van der Waals surface area (Å²) in [5, 5.41) is 12.0. The summed E-state index contributed by atoms with van der Waals surface area (Å²) < 4.78 is 27.0. The summed E-state index contributed by atoms with van der Waals surface area (Å²) >= 11 is 0. The van der Waals surface area contributed by atoms with E-state index in [1.165, 1.54) is 12.1 Å². The first-order valence-electron chi connectivity index (χ1n) is 6.82. The molecule has 0 spiro atoms. The Labute approximate surface area is 132 Å². The minimum Gasteiger partial charge on any atom is -0.315 e. The first-order chi connectivity index (χ1) is 9.59. The van der Waals surface area contributed by atoms with Crippen LogP contribution in [0.15, 0.2) is 29.2 Å². The molecule has 0 amide bonds. The lowest BCUT2D eigenvalue weighted by molar-refractivity contribution is 0.335. The van der Waals surface area contributed by atoms with E-state index in [9.17, 15) is 8.42 Å². The molecule has 1 unspecified atom stereocenters. The highest BCUT2D eigenvalue weighted by atomic mass is 35.5. The van der Waals surface area contributed by atoms with Gasteiger partial charge in [-0.2, -0.15) is 9.57 Å². The van der Waals surface area contributed by atoms with E-state index < -0.39 is 10.0 Å². The molecule has 0 aliphatic carbocycles. The highest BCUT2D eigenvalue weighted by molar-refractivity contribution is 7.89. The Morgan fingerprint density at radius 1 is 1.38 bits per heavy atom. The highest BCUT2D eigenvalue weighted by Gasteiger charge is 2.32.